The second-order valence-electron chi connectivity index (χ2n) is 10.2. The normalized spacial score (nSPS) is 23.5. The van der Waals surface area contributed by atoms with Crippen molar-refractivity contribution in [2.75, 3.05) is 0 Å². The van der Waals surface area contributed by atoms with Gasteiger partial charge in [0.05, 0.1) is 0 Å². The molecule has 1 heterocycles. The van der Waals surface area contributed by atoms with E-state index in [0.29, 0.717) is 11.6 Å². The van der Waals surface area contributed by atoms with Gasteiger partial charge in [0.1, 0.15) is 0 Å². The minimum Gasteiger partial charge on any atom is -0.405 e. The summed E-state index contributed by atoms with van der Waals surface area (Å²) in [6, 6.07) is 22.5. The lowest BCUT2D eigenvalue weighted by atomic mass is 10.1. The standard InChI is InChI=1S/C24H38OSi3/c1-8-23(27(6,7)26(3,4)5)24-19-20(2)25-28(24,21-15-11-9-12-16-21)22-17-13-10-14-18-22/h9-18,20,23-24H,8,19H2,1-7H3/t20-,23-,24-/m1/s1. The SMILES string of the molecule is CC[C@H]([C@H]1C[C@@H](C)O[Si]1(c1ccccc1)c1ccccc1)[Si](C)(C)[Si](C)(C)C. The highest BCUT2D eigenvalue weighted by Gasteiger charge is 2.59. The summed E-state index contributed by atoms with van der Waals surface area (Å²) >= 11 is 0. The predicted octanol–water partition coefficient (Wildman–Crippen LogP) is 5.83. The predicted molar refractivity (Wildman–Crippen MR) is 132 cm³/mol. The Morgan fingerprint density at radius 1 is 0.893 bits per heavy atom. The molecule has 1 nitrogen and oxygen atoms in total. The Labute approximate surface area is 175 Å². The van der Waals surface area contributed by atoms with Gasteiger partial charge >= 0.3 is 0 Å². The molecule has 1 fully saturated rings. The van der Waals surface area contributed by atoms with Crippen LogP contribution >= 0.6 is 0 Å². The van der Waals surface area contributed by atoms with E-state index in [4.69, 9.17) is 4.43 Å². The van der Waals surface area contributed by atoms with E-state index in [2.05, 4.69) is 107 Å². The summed E-state index contributed by atoms with van der Waals surface area (Å²) in [7, 11) is -4.90. The fourth-order valence-corrected chi connectivity index (χ4v) is 20.9. The fourth-order valence-electron chi connectivity index (χ4n) is 5.38. The van der Waals surface area contributed by atoms with Crippen molar-refractivity contribution in [3.05, 3.63) is 60.7 Å². The molecule has 0 saturated carbocycles. The average Bonchev–Trinajstić information content (AvgIpc) is 3.00. The molecule has 0 aromatic heterocycles. The van der Waals surface area contributed by atoms with Crippen LogP contribution in [0, 0.1) is 0 Å². The largest absolute Gasteiger partial charge is 0.405 e. The second-order valence-corrected chi connectivity index (χ2v) is 30.9. The van der Waals surface area contributed by atoms with Gasteiger partial charge < -0.3 is 4.43 Å². The smallest absolute Gasteiger partial charge is 0.259 e. The second kappa shape index (κ2) is 8.05. The van der Waals surface area contributed by atoms with Crippen LogP contribution in [0.25, 0.3) is 0 Å². The van der Waals surface area contributed by atoms with Crippen LogP contribution in [-0.2, 0) is 4.43 Å². The lowest BCUT2D eigenvalue weighted by Crippen LogP contribution is -2.66. The molecule has 3 atom stereocenters. The Morgan fingerprint density at radius 2 is 1.36 bits per heavy atom. The third-order valence-corrected chi connectivity index (χ3v) is 32.1. The van der Waals surface area contributed by atoms with Crippen molar-refractivity contribution in [1.82, 2.24) is 0 Å². The molecule has 1 aliphatic heterocycles. The van der Waals surface area contributed by atoms with Crippen molar-refractivity contribution < 1.29 is 4.43 Å². The molecular formula is C24H38OSi3. The third kappa shape index (κ3) is 3.64. The van der Waals surface area contributed by atoms with Gasteiger partial charge in [-0.05, 0) is 34.8 Å². The molecular weight excluding hydrogens is 389 g/mol. The van der Waals surface area contributed by atoms with Crippen LogP contribution in [0.1, 0.15) is 26.7 Å². The van der Waals surface area contributed by atoms with Gasteiger partial charge in [0.25, 0.3) is 8.32 Å². The van der Waals surface area contributed by atoms with Gasteiger partial charge in [0.2, 0.25) is 0 Å². The van der Waals surface area contributed by atoms with E-state index in [1.165, 1.54) is 23.2 Å². The highest BCUT2D eigenvalue weighted by molar-refractivity contribution is 7.41. The first-order valence-electron chi connectivity index (χ1n) is 10.9. The topological polar surface area (TPSA) is 9.23 Å². The minimum absolute atomic E-state index is 0.345. The maximum absolute atomic E-state index is 7.10. The molecule has 3 rings (SSSR count). The molecule has 0 radical (unpaired) electrons. The van der Waals surface area contributed by atoms with E-state index in [0.717, 1.165) is 5.54 Å². The Bertz CT molecular complexity index is 728. The van der Waals surface area contributed by atoms with Gasteiger partial charge in [-0.2, -0.15) is 0 Å². The van der Waals surface area contributed by atoms with Crippen molar-refractivity contribution in [2.24, 2.45) is 0 Å². The lowest BCUT2D eigenvalue weighted by molar-refractivity contribution is 0.250. The van der Waals surface area contributed by atoms with Crippen LogP contribution in [0.3, 0.4) is 0 Å². The van der Waals surface area contributed by atoms with Gasteiger partial charge in [-0.15, -0.1) is 0 Å². The van der Waals surface area contributed by atoms with Gasteiger partial charge in [-0.25, -0.2) is 0 Å². The summed E-state index contributed by atoms with van der Waals surface area (Å²) in [4.78, 5) is 0. The molecule has 0 aliphatic carbocycles. The quantitative estimate of drug-likeness (QED) is 0.528. The van der Waals surface area contributed by atoms with Crippen molar-refractivity contribution in [1.29, 1.82) is 0 Å². The molecule has 2 aromatic rings. The molecule has 1 aliphatic rings. The molecule has 0 unspecified atom stereocenters. The monoisotopic (exact) mass is 426 g/mol. The first-order chi connectivity index (χ1) is 13.1. The maximum Gasteiger partial charge on any atom is 0.259 e. The van der Waals surface area contributed by atoms with Gasteiger partial charge in [0, 0.05) is 21.3 Å². The Morgan fingerprint density at radius 3 is 1.75 bits per heavy atom. The van der Waals surface area contributed by atoms with Crippen LogP contribution in [0.2, 0.25) is 43.8 Å². The van der Waals surface area contributed by atoms with E-state index in [1.807, 2.05) is 0 Å². The summed E-state index contributed by atoms with van der Waals surface area (Å²) in [5.41, 5.74) is 1.49. The highest BCUT2D eigenvalue weighted by atomic mass is 29.3. The molecule has 0 N–H and O–H groups in total. The average molecular weight is 427 g/mol. The van der Waals surface area contributed by atoms with E-state index < -0.39 is 23.5 Å². The third-order valence-electron chi connectivity index (χ3n) is 7.69. The summed E-state index contributed by atoms with van der Waals surface area (Å²) in [5, 5.41) is 2.93. The maximum atomic E-state index is 7.10. The number of rotatable bonds is 6. The molecule has 4 heteroatoms. The zero-order valence-corrected chi connectivity index (χ0v) is 21.8. The van der Waals surface area contributed by atoms with Crippen LogP contribution in [-0.4, -0.2) is 29.6 Å². The molecule has 1 saturated heterocycles. The Balaban J connectivity index is 2.23. The zero-order chi connectivity index (χ0) is 20.6. The first-order valence-corrected chi connectivity index (χ1v) is 20.5. The molecule has 152 valence electrons. The number of benzene rings is 2. The summed E-state index contributed by atoms with van der Waals surface area (Å²) in [6.45, 7) is 17.9. The lowest BCUT2D eigenvalue weighted by Gasteiger charge is -2.48. The van der Waals surface area contributed by atoms with Gasteiger partial charge in [0.15, 0.2) is 0 Å². The van der Waals surface area contributed by atoms with Crippen molar-refractivity contribution in [3.63, 3.8) is 0 Å². The van der Waals surface area contributed by atoms with E-state index in [-0.39, 0.29) is 0 Å². The minimum atomic E-state index is -2.29. The highest BCUT2D eigenvalue weighted by Crippen LogP contribution is 2.52. The van der Waals surface area contributed by atoms with Crippen molar-refractivity contribution in [3.8, 4) is 0 Å². The first kappa shape index (κ1) is 21.8. The van der Waals surface area contributed by atoms with Gasteiger partial charge in [-0.1, -0.05) is 107 Å². The zero-order valence-electron chi connectivity index (χ0n) is 18.8. The van der Waals surface area contributed by atoms with Crippen molar-refractivity contribution in [2.45, 2.75) is 76.6 Å². The summed E-state index contributed by atoms with van der Waals surface area (Å²) in [5.74, 6) is 0. The van der Waals surface area contributed by atoms with Crippen LogP contribution in [0.15, 0.2) is 60.7 Å². The van der Waals surface area contributed by atoms with E-state index in [1.54, 1.807) is 0 Å². The summed E-state index contributed by atoms with van der Waals surface area (Å²) in [6.07, 6.45) is 2.85. The van der Waals surface area contributed by atoms with Gasteiger partial charge in [-0.3, -0.25) is 0 Å². The molecule has 0 bridgehead atoms. The molecule has 2 aromatic carbocycles. The Hall–Kier alpha value is -0.949. The molecule has 0 spiro atoms. The van der Waals surface area contributed by atoms with E-state index in [9.17, 15) is 0 Å². The van der Waals surface area contributed by atoms with Crippen LogP contribution < -0.4 is 10.4 Å². The van der Waals surface area contributed by atoms with E-state index >= 15 is 0 Å². The number of hydrogen-bond donors (Lipinski definition) is 0. The fraction of sp³-hybridized carbons (Fsp3) is 0.500. The van der Waals surface area contributed by atoms with Crippen molar-refractivity contribution >= 4 is 33.9 Å². The number of hydrogen-bond acceptors (Lipinski definition) is 1. The Kier molecular flexibility index (Phi) is 6.26. The van der Waals surface area contributed by atoms with Crippen LogP contribution in [0.4, 0.5) is 0 Å². The molecule has 0 amide bonds. The molecule has 28 heavy (non-hydrogen) atoms. The summed E-state index contributed by atoms with van der Waals surface area (Å²) < 4.78 is 7.10. The van der Waals surface area contributed by atoms with Crippen LogP contribution in [0.5, 0.6) is 0 Å².